The Kier molecular flexibility index (Phi) is 6.23. The van der Waals surface area contributed by atoms with Gasteiger partial charge in [0.25, 0.3) is 11.1 Å². The highest BCUT2D eigenvalue weighted by molar-refractivity contribution is 8.18. The van der Waals surface area contributed by atoms with E-state index in [-0.39, 0.29) is 23.6 Å². The molecule has 0 saturated carbocycles. The maximum absolute atomic E-state index is 13.8. The van der Waals surface area contributed by atoms with Gasteiger partial charge in [0, 0.05) is 17.8 Å². The molecular formula is C20H17FN2O4S. The minimum Gasteiger partial charge on any atom is -0.395 e. The molecule has 1 N–H and O–H groups in total. The van der Waals surface area contributed by atoms with Crippen LogP contribution in [0.4, 0.5) is 14.9 Å². The van der Waals surface area contributed by atoms with Crippen molar-refractivity contribution in [2.75, 3.05) is 24.6 Å². The lowest BCUT2D eigenvalue weighted by molar-refractivity contribution is -0.128. The Balaban J connectivity index is 1.78. The Labute approximate surface area is 165 Å². The summed E-state index contributed by atoms with van der Waals surface area (Å²) in [6.07, 6.45) is 1.30. The van der Waals surface area contributed by atoms with Crippen molar-refractivity contribution in [3.8, 4) is 0 Å². The standard InChI is InChI=1S/C20H17FN2O4S/c21-16-9-5-4-6-14(16)12-17-19(26)23(20(27)28-17)13-18(25)22(10-11-24)15-7-2-1-3-8-15/h1-9,12,24H,10-11,13H2/b17-12-. The van der Waals surface area contributed by atoms with Crippen LogP contribution < -0.4 is 4.90 Å². The number of hydrogen-bond donors (Lipinski definition) is 1. The van der Waals surface area contributed by atoms with Crippen LogP contribution in [0.25, 0.3) is 6.08 Å². The van der Waals surface area contributed by atoms with E-state index in [0.717, 1.165) is 4.90 Å². The summed E-state index contributed by atoms with van der Waals surface area (Å²) in [7, 11) is 0. The molecule has 28 heavy (non-hydrogen) atoms. The van der Waals surface area contributed by atoms with Crippen molar-refractivity contribution in [2.24, 2.45) is 0 Å². The van der Waals surface area contributed by atoms with Crippen molar-refractivity contribution in [1.29, 1.82) is 0 Å². The number of benzene rings is 2. The van der Waals surface area contributed by atoms with Crippen molar-refractivity contribution >= 4 is 40.6 Å². The van der Waals surface area contributed by atoms with Gasteiger partial charge < -0.3 is 10.0 Å². The van der Waals surface area contributed by atoms with E-state index in [9.17, 15) is 23.9 Å². The highest BCUT2D eigenvalue weighted by atomic mass is 32.2. The van der Waals surface area contributed by atoms with Gasteiger partial charge in [0.1, 0.15) is 12.4 Å². The van der Waals surface area contributed by atoms with Crippen LogP contribution in [0.1, 0.15) is 5.56 Å². The molecule has 0 aromatic heterocycles. The van der Waals surface area contributed by atoms with Crippen LogP contribution in [0.3, 0.4) is 0 Å². The van der Waals surface area contributed by atoms with Crippen molar-refractivity contribution < 1.29 is 23.9 Å². The average Bonchev–Trinajstić information content (AvgIpc) is 2.96. The fourth-order valence-corrected chi connectivity index (χ4v) is 3.53. The van der Waals surface area contributed by atoms with Crippen molar-refractivity contribution in [3.63, 3.8) is 0 Å². The summed E-state index contributed by atoms with van der Waals surface area (Å²) in [6.45, 7) is -0.700. The predicted octanol–water partition coefficient (Wildman–Crippen LogP) is 2.89. The van der Waals surface area contributed by atoms with Crippen molar-refractivity contribution in [3.05, 3.63) is 70.9 Å². The normalized spacial score (nSPS) is 15.4. The minimum atomic E-state index is -0.649. The van der Waals surface area contributed by atoms with Gasteiger partial charge in [-0.2, -0.15) is 0 Å². The number of rotatable bonds is 6. The van der Waals surface area contributed by atoms with Crippen LogP contribution >= 0.6 is 11.8 Å². The Hall–Kier alpha value is -2.97. The maximum atomic E-state index is 13.8. The number of para-hydroxylation sites is 1. The molecule has 8 heteroatoms. The molecule has 6 nitrogen and oxygen atoms in total. The van der Waals surface area contributed by atoms with Gasteiger partial charge in [-0.1, -0.05) is 36.4 Å². The zero-order chi connectivity index (χ0) is 20.1. The van der Waals surface area contributed by atoms with Crippen molar-refractivity contribution in [2.45, 2.75) is 0 Å². The maximum Gasteiger partial charge on any atom is 0.294 e. The van der Waals surface area contributed by atoms with E-state index in [1.54, 1.807) is 36.4 Å². The van der Waals surface area contributed by atoms with E-state index in [4.69, 9.17) is 0 Å². The zero-order valence-corrected chi connectivity index (χ0v) is 15.6. The van der Waals surface area contributed by atoms with Gasteiger partial charge >= 0.3 is 0 Å². The molecule has 0 unspecified atom stereocenters. The van der Waals surface area contributed by atoms with Gasteiger partial charge in [-0.25, -0.2) is 4.39 Å². The van der Waals surface area contributed by atoms with Crippen LogP contribution in [0, 0.1) is 5.82 Å². The molecule has 1 aliphatic heterocycles. The highest BCUT2D eigenvalue weighted by Gasteiger charge is 2.37. The molecule has 0 aliphatic carbocycles. The third kappa shape index (κ3) is 4.29. The number of aliphatic hydroxyl groups excluding tert-OH is 1. The van der Waals surface area contributed by atoms with Gasteiger partial charge in [-0.05, 0) is 36.0 Å². The number of anilines is 1. The first-order chi connectivity index (χ1) is 13.5. The number of carbonyl (C=O) groups excluding carboxylic acids is 3. The monoisotopic (exact) mass is 400 g/mol. The predicted molar refractivity (Wildman–Crippen MR) is 105 cm³/mol. The van der Waals surface area contributed by atoms with Gasteiger partial charge in [0.15, 0.2) is 0 Å². The molecule has 3 rings (SSSR count). The molecule has 1 heterocycles. The largest absolute Gasteiger partial charge is 0.395 e. The highest BCUT2D eigenvalue weighted by Crippen LogP contribution is 2.32. The second kappa shape index (κ2) is 8.81. The summed E-state index contributed by atoms with van der Waals surface area (Å²) < 4.78 is 13.8. The SMILES string of the molecule is O=C1S/C(=C\c2ccccc2F)C(=O)N1CC(=O)N(CCO)c1ccccc1. The fraction of sp³-hybridized carbons (Fsp3) is 0.150. The Morgan fingerprint density at radius 2 is 1.79 bits per heavy atom. The molecule has 1 aliphatic rings. The summed E-state index contributed by atoms with van der Waals surface area (Å²) in [5.74, 6) is -1.66. The molecule has 0 atom stereocenters. The van der Waals surface area contributed by atoms with Crippen LogP contribution in [0.15, 0.2) is 59.5 Å². The number of imide groups is 1. The number of aliphatic hydroxyl groups is 1. The van der Waals surface area contributed by atoms with Gasteiger partial charge in [0.05, 0.1) is 11.5 Å². The van der Waals surface area contributed by atoms with E-state index in [1.165, 1.54) is 29.2 Å². The number of amides is 3. The minimum absolute atomic E-state index is 0.0319. The molecule has 144 valence electrons. The second-order valence-corrected chi connectivity index (χ2v) is 6.89. The lowest BCUT2D eigenvalue weighted by Crippen LogP contribution is -2.43. The average molecular weight is 400 g/mol. The molecule has 0 bridgehead atoms. The quantitative estimate of drug-likeness (QED) is 0.755. The molecule has 0 radical (unpaired) electrons. The summed E-state index contributed by atoms with van der Waals surface area (Å²) in [6, 6.07) is 14.5. The number of nitrogens with zero attached hydrogens (tertiary/aromatic N) is 2. The summed E-state index contributed by atoms with van der Waals surface area (Å²) >= 11 is 0.660. The second-order valence-electron chi connectivity index (χ2n) is 5.89. The smallest absolute Gasteiger partial charge is 0.294 e. The van der Waals surface area contributed by atoms with Gasteiger partial charge in [-0.3, -0.25) is 19.3 Å². The number of thioether (sulfide) groups is 1. The topological polar surface area (TPSA) is 77.9 Å². The summed E-state index contributed by atoms with van der Waals surface area (Å²) in [5, 5.41) is 8.65. The molecular weight excluding hydrogens is 383 g/mol. The Morgan fingerprint density at radius 1 is 1.11 bits per heavy atom. The van der Waals surface area contributed by atoms with Crippen LogP contribution in [-0.4, -0.2) is 46.8 Å². The molecule has 1 fully saturated rings. The van der Waals surface area contributed by atoms with Gasteiger partial charge in [0.2, 0.25) is 5.91 Å². The summed E-state index contributed by atoms with van der Waals surface area (Å²) in [5.41, 5.74) is 0.737. The fourth-order valence-electron chi connectivity index (χ4n) is 2.70. The number of halogens is 1. The molecule has 2 aromatic carbocycles. The summed E-state index contributed by atoms with van der Waals surface area (Å²) in [4.78, 5) is 39.7. The number of carbonyl (C=O) groups is 3. The third-order valence-corrected chi connectivity index (χ3v) is 4.96. The lowest BCUT2D eigenvalue weighted by atomic mass is 10.2. The third-order valence-electron chi connectivity index (χ3n) is 4.05. The van der Waals surface area contributed by atoms with Crippen LogP contribution in [-0.2, 0) is 9.59 Å². The van der Waals surface area contributed by atoms with Crippen molar-refractivity contribution in [1.82, 2.24) is 4.90 Å². The number of hydrogen-bond acceptors (Lipinski definition) is 5. The zero-order valence-electron chi connectivity index (χ0n) is 14.7. The first-order valence-corrected chi connectivity index (χ1v) is 9.29. The molecule has 0 spiro atoms. The lowest BCUT2D eigenvalue weighted by Gasteiger charge is -2.23. The van der Waals surface area contributed by atoms with Gasteiger partial charge in [-0.15, -0.1) is 0 Å². The van der Waals surface area contributed by atoms with Crippen LogP contribution in [0.5, 0.6) is 0 Å². The molecule has 1 saturated heterocycles. The van der Waals surface area contributed by atoms with Crippen LogP contribution in [0.2, 0.25) is 0 Å². The van der Waals surface area contributed by atoms with E-state index >= 15 is 0 Å². The first-order valence-electron chi connectivity index (χ1n) is 8.47. The van der Waals surface area contributed by atoms with E-state index in [0.29, 0.717) is 17.4 Å². The molecule has 2 aromatic rings. The first kappa shape index (κ1) is 19.8. The van der Waals surface area contributed by atoms with E-state index in [1.807, 2.05) is 0 Å². The Morgan fingerprint density at radius 3 is 2.46 bits per heavy atom. The van der Waals surface area contributed by atoms with E-state index < -0.39 is 29.4 Å². The Bertz CT molecular complexity index is 933. The van der Waals surface area contributed by atoms with E-state index in [2.05, 4.69) is 0 Å². The molecule has 3 amide bonds.